The van der Waals surface area contributed by atoms with E-state index in [1.807, 2.05) is 28.7 Å². The Labute approximate surface area is 206 Å². The second kappa shape index (κ2) is 9.21. The molecule has 0 saturated heterocycles. The number of rotatable bonds is 4. The van der Waals surface area contributed by atoms with Crippen LogP contribution in [0.25, 0.3) is 6.08 Å². The highest BCUT2D eigenvalue weighted by atomic mass is 127. The van der Waals surface area contributed by atoms with Gasteiger partial charge in [0.2, 0.25) is 0 Å². The topological polar surface area (TPSA) is 80.9 Å². The molecular formula is C23H18ClIN2O4S. The molecule has 1 aromatic heterocycles. The van der Waals surface area contributed by atoms with Gasteiger partial charge in [-0.05, 0) is 71.8 Å². The highest BCUT2D eigenvalue weighted by molar-refractivity contribution is 14.1. The molecule has 3 aromatic rings. The molecule has 0 bridgehead atoms. The number of hydrogen-bond donors (Lipinski definition) is 1. The van der Waals surface area contributed by atoms with Gasteiger partial charge in [-0.2, -0.15) is 0 Å². The molecule has 0 aliphatic carbocycles. The molecule has 164 valence electrons. The van der Waals surface area contributed by atoms with Gasteiger partial charge < -0.3 is 9.84 Å². The van der Waals surface area contributed by atoms with Crippen molar-refractivity contribution in [3.8, 4) is 5.75 Å². The van der Waals surface area contributed by atoms with E-state index in [4.69, 9.17) is 16.3 Å². The van der Waals surface area contributed by atoms with E-state index in [9.17, 15) is 14.7 Å². The van der Waals surface area contributed by atoms with Gasteiger partial charge in [0.05, 0.1) is 26.0 Å². The maximum atomic E-state index is 13.5. The Morgan fingerprint density at radius 1 is 1.34 bits per heavy atom. The second-order valence-corrected chi connectivity index (χ2v) is 9.61. The molecule has 1 N–H and O–H groups in total. The number of carbonyl (C=O) groups is 1. The van der Waals surface area contributed by atoms with Gasteiger partial charge in [0.1, 0.15) is 11.8 Å². The van der Waals surface area contributed by atoms with E-state index in [1.165, 1.54) is 15.9 Å². The zero-order valence-corrected chi connectivity index (χ0v) is 20.9. The summed E-state index contributed by atoms with van der Waals surface area (Å²) in [6.45, 7) is 3.66. The van der Waals surface area contributed by atoms with Crippen molar-refractivity contribution in [3.63, 3.8) is 0 Å². The number of hydrogen-bond acceptors (Lipinski definition) is 6. The fraction of sp³-hybridized carbons (Fsp3) is 0.174. The standard InChI is InChI=1S/C23H18ClIN2O4S/c1-3-31-22(30)19-12(2)26-23-27(20(19)14-6-4-5-7-15(14)24)21(29)18(32-23)11-13-8-9-17(28)16(25)10-13/h4-11,20,28H,3H2,1-2H3/t20-/m1/s1. The minimum absolute atomic E-state index is 0.178. The number of carbonyl (C=O) groups excluding carboxylic acids is 1. The Balaban J connectivity index is 1.98. The lowest BCUT2D eigenvalue weighted by Gasteiger charge is -2.25. The Bertz CT molecular complexity index is 1440. The number of esters is 1. The number of halogens is 2. The highest BCUT2D eigenvalue weighted by Crippen LogP contribution is 2.34. The van der Waals surface area contributed by atoms with Crippen LogP contribution in [0.5, 0.6) is 5.75 Å². The summed E-state index contributed by atoms with van der Waals surface area (Å²) in [6.07, 6.45) is 1.75. The summed E-state index contributed by atoms with van der Waals surface area (Å²) in [6, 6.07) is 11.5. The van der Waals surface area contributed by atoms with Gasteiger partial charge in [-0.1, -0.05) is 47.2 Å². The van der Waals surface area contributed by atoms with Gasteiger partial charge in [0.25, 0.3) is 5.56 Å². The molecule has 0 saturated carbocycles. The van der Waals surface area contributed by atoms with Crippen LogP contribution < -0.4 is 14.9 Å². The van der Waals surface area contributed by atoms with Gasteiger partial charge >= 0.3 is 5.97 Å². The van der Waals surface area contributed by atoms with Crippen LogP contribution in [0.2, 0.25) is 5.02 Å². The van der Waals surface area contributed by atoms with Crippen molar-refractivity contribution in [1.29, 1.82) is 0 Å². The number of ether oxygens (including phenoxy) is 1. The predicted octanol–water partition coefficient (Wildman–Crippen LogP) is 3.76. The van der Waals surface area contributed by atoms with Crippen LogP contribution in [0, 0.1) is 3.57 Å². The van der Waals surface area contributed by atoms with E-state index in [0.717, 1.165) is 5.56 Å². The Kier molecular flexibility index (Phi) is 6.55. The molecule has 6 nitrogen and oxygen atoms in total. The van der Waals surface area contributed by atoms with Crippen LogP contribution in [-0.4, -0.2) is 22.2 Å². The van der Waals surface area contributed by atoms with E-state index < -0.39 is 12.0 Å². The molecule has 0 unspecified atom stereocenters. The van der Waals surface area contributed by atoms with Crippen LogP contribution in [-0.2, 0) is 9.53 Å². The molecule has 1 aliphatic rings. The SMILES string of the molecule is CCOC(=O)C1=C(C)N=c2sc(=Cc3ccc(O)c(I)c3)c(=O)n2[C@@H]1c1ccccc1Cl. The largest absolute Gasteiger partial charge is 0.507 e. The van der Waals surface area contributed by atoms with Crippen LogP contribution >= 0.6 is 45.5 Å². The van der Waals surface area contributed by atoms with E-state index in [-0.39, 0.29) is 23.5 Å². The zero-order chi connectivity index (χ0) is 23.0. The van der Waals surface area contributed by atoms with Gasteiger partial charge in [-0.25, -0.2) is 9.79 Å². The first kappa shape index (κ1) is 22.8. The molecule has 32 heavy (non-hydrogen) atoms. The van der Waals surface area contributed by atoms with Crippen LogP contribution in [0.15, 0.2) is 63.5 Å². The highest BCUT2D eigenvalue weighted by Gasteiger charge is 2.34. The lowest BCUT2D eigenvalue weighted by molar-refractivity contribution is -0.139. The third kappa shape index (κ3) is 4.14. The van der Waals surface area contributed by atoms with Gasteiger partial charge in [0.15, 0.2) is 4.80 Å². The first-order valence-corrected chi connectivity index (χ1v) is 12.0. The molecule has 4 rings (SSSR count). The average Bonchev–Trinajstić information content (AvgIpc) is 3.05. The predicted molar refractivity (Wildman–Crippen MR) is 133 cm³/mol. The number of benzene rings is 2. The molecule has 0 fully saturated rings. The Morgan fingerprint density at radius 2 is 2.09 bits per heavy atom. The minimum Gasteiger partial charge on any atom is -0.507 e. The van der Waals surface area contributed by atoms with Gasteiger partial charge in [-0.3, -0.25) is 9.36 Å². The number of aromatic nitrogens is 1. The summed E-state index contributed by atoms with van der Waals surface area (Å²) >= 11 is 9.76. The van der Waals surface area contributed by atoms with E-state index in [2.05, 4.69) is 4.99 Å². The van der Waals surface area contributed by atoms with E-state index in [0.29, 0.717) is 29.2 Å². The smallest absolute Gasteiger partial charge is 0.338 e. The van der Waals surface area contributed by atoms with E-state index >= 15 is 0 Å². The number of nitrogens with zero attached hydrogens (tertiary/aromatic N) is 2. The van der Waals surface area contributed by atoms with Crippen LogP contribution in [0.1, 0.15) is 31.0 Å². The monoisotopic (exact) mass is 580 g/mol. The lowest BCUT2D eigenvalue weighted by Crippen LogP contribution is -2.40. The van der Waals surface area contributed by atoms with Crippen molar-refractivity contribution < 1.29 is 14.6 Å². The lowest BCUT2D eigenvalue weighted by atomic mass is 9.96. The molecule has 9 heteroatoms. The molecule has 1 atom stereocenters. The molecule has 2 heterocycles. The molecule has 2 aromatic carbocycles. The van der Waals surface area contributed by atoms with Crippen LogP contribution in [0.3, 0.4) is 0 Å². The maximum absolute atomic E-state index is 13.5. The van der Waals surface area contributed by atoms with Crippen molar-refractivity contribution in [1.82, 2.24) is 4.57 Å². The number of phenols is 1. The number of aromatic hydroxyl groups is 1. The summed E-state index contributed by atoms with van der Waals surface area (Å²) in [5.41, 5.74) is 1.89. The second-order valence-electron chi connectivity index (χ2n) is 7.03. The van der Waals surface area contributed by atoms with Crippen molar-refractivity contribution >= 4 is 57.6 Å². The third-order valence-corrected chi connectivity index (χ3v) is 7.18. The molecule has 0 radical (unpaired) electrons. The van der Waals surface area contributed by atoms with Crippen molar-refractivity contribution in [3.05, 3.63) is 93.1 Å². The number of phenolic OH excluding ortho intramolecular Hbond substituents is 1. The maximum Gasteiger partial charge on any atom is 0.338 e. The Morgan fingerprint density at radius 3 is 2.78 bits per heavy atom. The quantitative estimate of drug-likeness (QED) is 0.377. The molecule has 0 spiro atoms. The van der Waals surface area contributed by atoms with Crippen LogP contribution in [0.4, 0.5) is 0 Å². The molecular weight excluding hydrogens is 563 g/mol. The number of allylic oxidation sites excluding steroid dienone is 1. The van der Waals surface area contributed by atoms with Crippen molar-refractivity contribution in [2.45, 2.75) is 19.9 Å². The number of thiazole rings is 1. The Hall–Kier alpha value is -2.43. The fourth-order valence-corrected chi connectivity index (χ4v) is 5.37. The summed E-state index contributed by atoms with van der Waals surface area (Å²) in [7, 11) is 0. The zero-order valence-electron chi connectivity index (χ0n) is 17.1. The van der Waals surface area contributed by atoms with E-state index in [1.54, 1.807) is 56.3 Å². The van der Waals surface area contributed by atoms with Gasteiger partial charge in [0, 0.05) is 5.02 Å². The molecule has 1 aliphatic heterocycles. The summed E-state index contributed by atoms with van der Waals surface area (Å²) < 4.78 is 7.92. The third-order valence-electron chi connectivity index (χ3n) is 4.99. The summed E-state index contributed by atoms with van der Waals surface area (Å²) in [4.78, 5) is 31.4. The average molecular weight is 581 g/mol. The first-order chi connectivity index (χ1) is 15.3. The summed E-state index contributed by atoms with van der Waals surface area (Å²) in [5, 5.41) is 10.2. The minimum atomic E-state index is -0.749. The van der Waals surface area contributed by atoms with Crippen molar-refractivity contribution in [2.24, 2.45) is 4.99 Å². The first-order valence-electron chi connectivity index (χ1n) is 9.74. The normalized spacial score (nSPS) is 16.0. The van der Waals surface area contributed by atoms with Gasteiger partial charge in [-0.15, -0.1) is 0 Å². The number of fused-ring (bicyclic) bond motifs is 1. The fourth-order valence-electron chi connectivity index (χ4n) is 3.55. The van der Waals surface area contributed by atoms with Crippen molar-refractivity contribution in [2.75, 3.05) is 6.61 Å². The molecule has 0 amide bonds. The summed E-state index contributed by atoms with van der Waals surface area (Å²) in [5.74, 6) is -0.348.